The van der Waals surface area contributed by atoms with E-state index in [1.807, 2.05) is 17.8 Å². The molecule has 0 saturated heterocycles. The largest absolute Gasteiger partial charge is 0.312 e. The molecule has 1 saturated carbocycles. The fraction of sp³-hybridized carbons (Fsp3) is 0.750. The molecule has 0 radical (unpaired) electrons. The van der Waals surface area contributed by atoms with Crippen molar-refractivity contribution in [3.05, 3.63) is 11.6 Å². The first-order valence-electron chi connectivity index (χ1n) is 3.84. The van der Waals surface area contributed by atoms with Crippen LogP contribution in [0.25, 0.3) is 0 Å². The molecule has 64 valence electrons. The maximum absolute atomic E-state index is 5.38. The molecule has 1 N–H and O–H groups in total. The van der Waals surface area contributed by atoms with Gasteiger partial charge in [-0.3, -0.25) is 0 Å². The van der Waals surface area contributed by atoms with Crippen molar-refractivity contribution in [2.45, 2.75) is 17.6 Å². The van der Waals surface area contributed by atoms with E-state index in [-0.39, 0.29) is 0 Å². The molecule has 0 spiro atoms. The van der Waals surface area contributed by atoms with E-state index in [1.54, 1.807) is 5.54 Å². The second-order valence-electron chi connectivity index (χ2n) is 2.88. The minimum absolute atomic E-state index is 0.570. The van der Waals surface area contributed by atoms with Gasteiger partial charge in [0.1, 0.15) is 0 Å². The molecule has 0 atom stereocenters. The van der Waals surface area contributed by atoms with Crippen LogP contribution in [-0.2, 0) is 0 Å². The molecule has 0 unspecified atom stereocenters. The van der Waals surface area contributed by atoms with Crippen LogP contribution in [0.5, 0.6) is 0 Å². The van der Waals surface area contributed by atoms with E-state index in [0.717, 1.165) is 13.1 Å². The molecule has 0 aliphatic heterocycles. The average molecular weight is 192 g/mol. The lowest BCUT2D eigenvalue weighted by molar-refractivity contribution is 0.714. The van der Waals surface area contributed by atoms with Crippen LogP contribution in [0.4, 0.5) is 0 Å². The van der Waals surface area contributed by atoms with Gasteiger partial charge in [0, 0.05) is 23.4 Å². The first-order chi connectivity index (χ1) is 5.33. The topological polar surface area (TPSA) is 12.0 Å². The SMILES string of the molecule is CSC1(CNC/C=C/Cl)CC1. The summed E-state index contributed by atoms with van der Waals surface area (Å²) in [5.41, 5.74) is 1.56. The summed E-state index contributed by atoms with van der Waals surface area (Å²) in [7, 11) is 0. The summed E-state index contributed by atoms with van der Waals surface area (Å²) in [6, 6.07) is 0. The van der Waals surface area contributed by atoms with E-state index in [2.05, 4.69) is 11.6 Å². The summed E-state index contributed by atoms with van der Waals surface area (Å²) in [4.78, 5) is 0. The molecule has 3 heteroatoms. The molecule has 0 aromatic carbocycles. The van der Waals surface area contributed by atoms with Crippen LogP contribution < -0.4 is 5.32 Å². The second-order valence-corrected chi connectivity index (χ2v) is 4.41. The fourth-order valence-electron chi connectivity index (χ4n) is 1.02. The molecular formula is C8H14ClNS. The zero-order valence-corrected chi connectivity index (χ0v) is 8.34. The highest BCUT2D eigenvalue weighted by Crippen LogP contribution is 2.46. The van der Waals surface area contributed by atoms with Crippen molar-refractivity contribution in [1.29, 1.82) is 0 Å². The Hall–Kier alpha value is 0.340. The summed E-state index contributed by atoms with van der Waals surface area (Å²) in [6.07, 6.45) is 6.85. The van der Waals surface area contributed by atoms with Crippen molar-refractivity contribution in [1.82, 2.24) is 5.32 Å². The molecule has 1 nitrogen and oxygen atoms in total. The highest BCUT2D eigenvalue weighted by molar-refractivity contribution is 8.00. The Morgan fingerprint density at radius 1 is 1.64 bits per heavy atom. The Balaban J connectivity index is 2.03. The van der Waals surface area contributed by atoms with Crippen LogP contribution in [-0.4, -0.2) is 24.1 Å². The van der Waals surface area contributed by atoms with Gasteiger partial charge in [0.05, 0.1) is 0 Å². The highest BCUT2D eigenvalue weighted by Gasteiger charge is 2.40. The van der Waals surface area contributed by atoms with Crippen molar-refractivity contribution in [2.75, 3.05) is 19.3 Å². The fourth-order valence-corrected chi connectivity index (χ4v) is 1.87. The standard InChI is InChI=1S/C8H14ClNS/c1-11-8(3-4-8)7-10-6-2-5-9/h2,5,10H,3-4,6-7H2,1H3/b5-2+. The third-order valence-electron chi connectivity index (χ3n) is 2.04. The molecule has 11 heavy (non-hydrogen) atoms. The van der Waals surface area contributed by atoms with Gasteiger partial charge < -0.3 is 5.32 Å². The van der Waals surface area contributed by atoms with Crippen LogP contribution in [0.1, 0.15) is 12.8 Å². The molecule has 1 rings (SSSR count). The van der Waals surface area contributed by atoms with E-state index in [1.165, 1.54) is 12.8 Å². The van der Waals surface area contributed by atoms with Gasteiger partial charge in [-0.25, -0.2) is 0 Å². The van der Waals surface area contributed by atoms with Crippen molar-refractivity contribution < 1.29 is 0 Å². The van der Waals surface area contributed by atoms with E-state index >= 15 is 0 Å². The van der Waals surface area contributed by atoms with Crippen LogP contribution in [0.2, 0.25) is 0 Å². The third kappa shape index (κ3) is 3.06. The molecular weight excluding hydrogens is 178 g/mol. The van der Waals surface area contributed by atoms with Crippen LogP contribution in [0.3, 0.4) is 0 Å². The number of hydrogen-bond acceptors (Lipinski definition) is 2. The first kappa shape index (κ1) is 9.43. The monoisotopic (exact) mass is 191 g/mol. The van der Waals surface area contributed by atoms with Gasteiger partial charge >= 0.3 is 0 Å². The predicted octanol–water partition coefficient (Wildman–Crippen LogP) is 2.22. The molecule has 0 aromatic rings. The molecule has 0 aromatic heterocycles. The molecule has 1 fully saturated rings. The molecule has 0 amide bonds. The summed E-state index contributed by atoms with van der Waals surface area (Å²) < 4.78 is 0.570. The Morgan fingerprint density at radius 3 is 2.82 bits per heavy atom. The van der Waals surface area contributed by atoms with E-state index in [0.29, 0.717) is 4.75 Å². The Morgan fingerprint density at radius 2 is 2.36 bits per heavy atom. The Bertz CT molecular complexity index is 143. The maximum atomic E-state index is 5.38. The lowest BCUT2D eigenvalue weighted by Crippen LogP contribution is -2.25. The van der Waals surface area contributed by atoms with Gasteiger partial charge in [0.2, 0.25) is 0 Å². The van der Waals surface area contributed by atoms with E-state index < -0.39 is 0 Å². The second kappa shape index (κ2) is 4.39. The average Bonchev–Trinajstić information content (AvgIpc) is 2.80. The zero-order chi connectivity index (χ0) is 8.16. The number of hydrogen-bond donors (Lipinski definition) is 1. The summed E-state index contributed by atoms with van der Waals surface area (Å²) in [5, 5.41) is 3.35. The number of thioether (sulfide) groups is 1. The summed E-state index contributed by atoms with van der Waals surface area (Å²) >= 11 is 7.35. The minimum atomic E-state index is 0.570. The number of halogens is 1. The first-order valence-corrected chi connectivity index (χ1v) is 5.50. The van der Waals surface area contributed by atoms with Gasteiger partial charge in [0.15, 0.2) is 0 Å². The zero-order valence-electron chi connectivity index (χ0n) is 6.77. The number of rotatable bonds is 5. The van der Waals surface area contributed by atoms with Crippen LogP contribution in [0, 0.1) is 0 Å². The van der Waals surface area contributed by atoms with Crippen molar-refractivity contribution in [3.8, 4) is 0 Å². The van der Waals surface area contributed by atoms with Crippen molar-refractivity contribution in [3.63, 3.8) is 0 Å². The quantitative estimate of drug-likeness (QED) is 0.669. The van der Waals surface area contributed by atoms with Crippen molar-refractivity contribution >= 4 is 23.4 Å². The summed E-state index contributed by atoms with van der Waals surface area (Å²) in [6.45, 7) is 2.02. The van der Waals surface area contributed by atoms with Gasteiger partial charge in [0.25, 0.3) is 0 Å². The maximum Gasteiger partial charge on any atom is 0.0282 e. The molecule has 0 bridgehead atoms. The normalized spacial score (nSPS) is 20.9. The summed E-state index contributed by atoms with van der Waals surface area (Å²) in [5.74, 6) is 0. The minimum Gasteiger partial charge on any atom is -0.312 e. The predicted molar refractivity (Wildman–Crippen MR) is 53.3 cm³/mol. The smallest absolute Gasteiger partial charge is 0.0282 e. The lowest BCUT2D eigenvalue weighted by atomic mass is 10.4. The highest BCUT2D eigenvalue weighted by atomic mass is 35.5. The van der Waals surface area contributed by atoms with E-state index in [4.69, 9.17) is 11.6 Å². The van der Waals surface area contributed by atoms with Crippen LogP contribution in [0.15, 0.2) is 11.6 Å². The van der Waals surface area contributed by atoms with Gasteiger partial charge in [-0.2, -0.15) is 11.8 Å². The number of nitrogens with one attached hydrogen (secondary N) is 1. The molecule has 1 aliphatic rings. The third-order valence-corrected chi connectivity index (χ3v) is 3.64. The van der Waals surface area contributed by atoms with Gasteiger partial charge in [-0.05, 0) is 19.1 Å². The van der Waals surface area contributed by atoms with E-state index in [9.17, 15) is 0 Å². The van der Waals surface area contributed by atoms with Crippen LogP contribution >= 0.6 is 23.4 Å². The lowest BCUT2D eigenvalue weighted by Gasteiger charge is -2.11. The molecule has 0 heterocycles. The van der Waals surface area contributed by atoms with Gasteiger partial charge in [-0.15, -0.1) is 0 Å². The van der Waals surface area contributed by atoms with Gasteiger partial charge in [-0.1, -0.05) is 17.7 Å². The Labute approximate surface area is 77.6 Å². The Kier molecular flexibility index (Phi) is 3.76. The van der Waals surface area contributed by atoms with Crippen molar-refractivity contribution in [2.24, 2.45) is 0 Å². The molecule has 1 aliphatic carbocycles.